The summed E-state index contributed by atoms with van der Waals surface area (Å²) < 4.78 is 26.2. The lowest BCUT2D eigenvalue weighted by atomic mass is 9.89. The Kier molecular flexibility index (Phi) is 15.5. The molecule has 1 atom stereocenters. The van der Waals surface area contributed by atoms with E-state index in [-0.39, 0.29) is 29.0 Å². The van der Waals surface area contributed by atoms with Crippen LogP contribution in [0.3, 0.4) is 0 Å². The normalized spacial score (nSPS) is 19.9. The number of nitrogens with one attached hydrogen (secondary N) is 4. The van der Waals surface area contributed by atoms with Gasteiger partial charge in [-0.1, -0.05) is 18.6 Å². The van der Waals surface area contributed by atoms with Gasteiger partial charge >= 0.3 is 0 Å². The standard InChI is InChI=1S/C44H58FN7O7S/c45-35-24-33(59-27-29-14-21-58-22-15-29)25-37-42(35)44(57)49-38(48-37)28-60-34-12-17-51(18-13-34)26-40(54)46-16-3-1-2-7-41(55)52-19-10-30(11-20-52)31-5-4-6-32(23-31)47-36-8-9-39(53)50-43(36)56/h4-6,23-25,29-30,34,36,47H,1-3,7-22,26-28H2,(H,46,54)(H,48,49,57)(H,50,53,56). The van der Waals surface area contributed by atoms with Gasteiger partial charge in [-0.3, -0.25) is 34.2 Å². The predicted molar refractivity (Wildman–Crippen MR) is 228 cm³/mol. The maximum absolute atomic E-state index is 14.9. The number of H-pyrrole nitrogens is 1. The van der Waals surface area contributed by atoms with E-state index in [1.807, 2.05) is 17.0 Å². The lowest BCUT2D eigenvalue weighted by Crippen LogP contribution is -2.47. The number of likely N-dealkylation sites (tertiary alicyclic amines) is 2. The van der Waals surface area contributed by atoms with Crippen LogP contribution in [0.2, 0.25) is 0 Å². The number of anilines is 1. The number of aromatic amines is 1. The number of halogens is 1. The highest BCUT2D eigenvalue weighted by Gasteiger charge is 2.28. The van der Waals surface area contributed by atoms with Gasteiger partial charge < -0.3 is 30.0 Å². The van der Waals surface area contributed by atoms with Crippen LogP contribution in [-0.2, 0) is 29.7 Å². The first-order valence-electron chi connectivity index (χ1n) is 21.7. The highest BCUT2D eigenvalue weighted by Crippen LogP contribution is 2.31. The molecule has 7 rings (SSSR count). The maximum atomic E-state index is 14.9. The van der Waals surface area contributed by atoms with Crippen molar-refractivity contribution >= 4 is 52.0 Å². The van der Waals surface area contributed by atoms with Crippen molar-refractivity contribution < 1.29 is 33.0 Å². The molecule has 4 aliphatic rings. The van der Waals surface area contributed by atoms with Gasteiger partial charge in [-0.2, -0.15) is 11.8 Å². The van der Waals surface area contributed by atoms with Crippen molar-refractivity contribution in [2.24, 2.45) is 5.92 Å². The molecule has 324 valence electrons. The molecule has 0 spiro atoms. The van der Waals surface area contributed by atoms with Crippen LogP contribution in [0.1, 0.15) is 94.4 Å². The number of carbonyl (C=O) groups is 4. The number of carbonyl (C=O) groups excluding carboxylic acids is 4. The predicted octanol–water partition coefficient (Wildman–Crippen LogP) is 4.87. The number of aromatic nitrogens is 2. The molecule has 1 aromatic heterocycles. The Labute approximate surface area is 354 Å². The summed E-state index contributed by atoms with van der Waals surface area (Å²) in [6.45, 7) is 5.89. The molecular formula is C44H58FN7O7S. The van der Waals surface area contributed by atoms with Crippen molar-refractivity contribution in [1.82, 2.24) is 30.4 Å². The summed E-state index contributed by atoms with van der Waals surface area (Å²) in [5.74, 6) is 1.13. The smallest absolute Gasteiger partial charge is 0.261 e. The third-order valence-electron chi connectivity index (χ3n) is 12.1. The lowest BCUT2D eigenvalue weighted by molar-refractivity contribution is -0.134. The molecule has 4 saturated heterocycles. The van der Waals surface area contributed by atoms with E-state index >= 15 is 0 Å². The van der Waals surface area contributed by atoms with E-state index in [0.29, 0.717) is 92.1 Å². The van der Waals surface area contributed by atoms with Crippen LogP contribution in [0, 0.1) is 11.7 Å². The van der Waals surface area contributed by atoms with E-state index in [2.05, 4.69) is 43.0 Å². The van der Waals surface area contributed by atoms with Gasteiger partial charge in [-0.05, 0) is 100 Å². The van der Waals surface area contributed by atoms with Crippen LogP contribution in [0.4, 0.5) is 10.1 Å². The minimum atomic E-state index is -0.640. The molecule has 60 heavy (non-hydrogen) atoms. The molecule has 0 bridgehead atoms. The molecule has 0 radical (unpaired) electrons. The third kappa shape index (κ3) is 12.3. The number of amides is 4. The Morgan fingerprint density at radius 2 is 1.75 bits per heavy atom. The molecule has 0 aliphatic carbocycles. The minimum absolute atomic E-state index is 0.0126. The Morgan fingerprint density at radius 1 is 0.950 bits per heavy atom. The Bertz CT molecular complexity index is 2030. The summed E-state index contributed by atoms with van der Waals surface area (Å²) in [6, 6.07) is 10.6. The fourth-order valence-corrected chi connectivity index (χ4v) is 9.63. The third-order valence-corrected chi connectivity index (χ3v) is 13.5. The Morgan fingerprint density at radius 3 is 2.53 bits per heavy atom. The first kappa shape index (κ1) is 43.5. The highest BCUT2D eigenvalue weighted by molar-refractivity contribution is 7.99. The maximum Gasteiger partial charge on any atom is 0.261 e. The second-order valence-electron chi connectivity index (χ2n) is 16.6. The van der Waals surface area contributed by atoms with Crippen molar-refractivity contribution in [1.29, 1.82) is 0 Å². The number of piperidine rings is 3. The van der Waals surface area contributed by atoms with E-state index in [1.54, 1.807) is 17.8 Å². The van der Waals surface area contributed by atoms with E-state index in [4.69, 9.17) is 9.47 Å². The van der Waals surface area contributed by atoms with Gasteiger partial charge in [0, 0.05) is 68.8 Å². The summed E-state index contributed by atoms with van der Waals surface area (Å²) in [7, 11) is 0. The largest absolute Gasteiger partial charge is 0.493 e. The molecule has 0 saturated carbocycles. The van der Waals surface area contributed by atoms with Gasteiger partial charge in [-0.15, -0.1) is 0 Å². The monoisotopic (exact) mass is 847 g/mol. The number of benzene rings is 2. The van der Waals surface area contributed by atoms with Gasteiger partial charge in [-0.25, -0.2) is 9.37 Å². The van der Waals surface area contributed by atoms with E-state index < -0.39 is 17.4 Å². The van der Waals surface area contributed by atoms with Crippen LogP contribution in [0.25, 0.3) is 10.9 Å². The highest BCUT2D eigenvalue weighted by atomic mass is 32.2. The van der Waals surface area contributed by atoms with E-state index in [1.165, 1.54) is 11.6 Å². The quantitative estimate of drug-likeness (QED) is 0.108. The zero-order valence-corrected chi connectivity index (χ0v) is 35.1. The number of fused-ring (bicyclic) bond motifs is 1. The van der Waals surface area contributed by atoms with E-state index in [0.717, 1.165) is 89.7 Å². The number of nitrogens with zero attached hydrogens (tertiary/aromatic N) is 3. The molecule has 4 N–H and O–H groups in total. The topological polar surface area (TPSA) is 175 Å². The zero-order chi connectivity index (χ0) is 41.8. The molecule has 4 aliphatic heterocycles. The summed E-state index contributed by atoms with van der Waals surface area (Å²) in [5.41, 5.74) is 1.86. The number of unbranched alkanes of at least 4 members (excludes halogenated alkanes) is 2. The fourth-order valence-electron chi connectivity index (χ4n) is 8.56. The molecule has 3 aromatic rings. The summed E-state index contributed by atoms with van der Waals surface area (Å²) in [4.78, 5) is 73.6. The average molecular weight is 848 g/mol. The SMILES string of the molecule is O=C(CN1CCC(SCc2nc3cc(OCC4CCOCC4)cc(F)c3c(=O)[nH]2)CC1)NCCCCCC(=O)N1CCC(c2cccc(NC3CCC(=O)NC3=O)c2)CC1. The first-order chi connectivity index (χ1) is 29.2. The van der Waals surface area contributed by atoms with Gasteiger partial charge in [0.25, 0.3) is 5.56 Å². The van der Waals surface area contributed by atoms with Gasteiger partial charge in [0.05, 0.1) is 24.4 Å². The molecule has 4 amide bonds. The fraction of sp³-hybridized carbons (Fsp3) is 0.591. The number of hydrogen-bond acceptors (Lipinski definition) is 11. The average Bonchev–Trinajstić information content (AvgIpc) is 3.25. The summed E-state index contributed by atoms with van der Waals surface area (Å²) in [5, 5.41) is 9.00. The number of imide groups is 1. The van der Waals surface area contributed by atoms with Gasteiger partial charge in [0.2, 0.25) is 23.6 Å². The number of ether oxygens (including phenoxy) is 2. The van der Waals surface area contributed by atoms with Crippen molar-refractivity contribution in [3.63, 3.8) is 0 Å². The van der Waals surface area contributed by atoms with Crippen LogP contribution in [0.15, 0.2) is 41.2 Å². The number of hydrogen-bond donors (Lipinski definition) is 4. The van der Waals surface area contributed by atoms with Gasteiger partial charge in [0.15, 0.2) is 0 Å². The summed E-state index contributed by atoms with van der Waals surface area (Å²) >= 11 is 1.72. The van der Waals surface area contributed by atoms with Crippen molar-refractivity contribution in [3.8, 4) is 5.75 Å². The zero-order valence-electron chi connectivity index (χ0n) is 34.3. The van der Waals surface area contributed by atoms with Crippen molar-refractivity contribution in [3.05, 3.63) is 64.0 Å². The molecule has 14 nitrogen and oxygen atoms in total. The van der Waals surface area contributed by atoms with Gasteiger partial charge in [0.1, 0.15) is 28.8 Å². The molecule has 2 aromatic carbocycles. The van der Waals surface area contributed by atoms with Crippen LogP contribution < -0.4 is 26.2 Å². The van der Waals surface area contributed by atoms with E-state index in [9.17, 15) is 28.4 Å². The molecule has 4 fully saturated rings. The molecular weight excluding hydrogens is 790 g/mol. The van der Waals surface area contributed by atoms with Crippen molar-refractivity contribution in [2.45, 2.75) is 100 Å². The van der Waals surface area contributed by atoms with Crippen LogP contribution in [-0.4, -0.2) is 114 Å². The second-order valence-corrected chi connectivity index (χ2v) is 17.8. The molecule has 16 heteroatoms. The summed E-state index contributed by atoms with van der Waals surface area (Å²) in [6.07, 6.45) is 9.23. The minimum Gasteiger partial charge on any atom is -0.493 e. The Balaban J connectivity index is 0.735. The second kappa shape index (κ2) is 21.3. The number of thioether (sulfide) groups is 1. The number of rotatable bonds is 17. The Hall–Kier alpha value is -4.54. The van der Waals surface area contributed by atoms with Crippen LogP contribution in [0.5, 0.6) is 5.75 Å². The molecule has 5 heterocycles. The molecule has 1 unspecified atom stereocenters. The van der Waals surface area contributed by atoms with Crippen molar-refractivity contribution in [2.75, 3.05) is 64.4 Å². The first-order valence-corrected chi connectivity index (χ1v) is 22.7. The lowest BCUT2D eigenvalue weighted by Gasteiger charge is -2.32. The van der Waals surface area contributed by atoms with Crippen LogP contribution >= 0.6 is 11.8 Å².